The molecule has 0 aliphatic carbocycles. The molecule has 5 aromatic rings. The second-order valence-electron chi connectivity index (χ2n) is 7.46. The fraction of sp³-hybridized carbons (Fsp3) is 0.192. The summed E-state index contributed by atoms with van der Waals surface area (Å²) in [5.74, 6) is -1.70. The van der Waals surface area contributed by atoms with Gasteiger partial charge in [-0.1, -0.05) is 44.1 Å². The van der Waals surface area contributed by atoms with Crippen molar-refractivity contribution in [3.05, 3.63) is 78.0 Å². The van der Waals surface area contributed by atoms with Gasteiger partial charge in [0.1, 0.15) is 18.2 Å². The third kappa shape index (κ3) is 2.52. The SMILES string of the molecule is [2H]C([2H])([2H])C([2H])(C)c1cc[n+](C)c(-c2cc3oc4ccc5ccccc5c4c3cc2C)c1. The van der Waals surface area contributed by atoms with Crippen molar-refractivity contribution in [3.8, 4) is 11.3 Å². The maximum absolute atomic E-state index is 8.49. The van der Waals surface area contributed by atoms with Gasteiger partial charge in [-0.25, -0.2) is 4.57 Å². The molecule has 2 nitrogen and oxygen atoms in total. The molecule has 0 fully saturated rings. The second kappa shape index (κ2) is 6.20. The Morgan fingerprint density at radius 1 is 1.00 bits per heavy atom. The number of aromatic nitrogens is 1. The second-order valence-corrected chi connectivity index (χ2v) is 7.46. The molecular weight excluding hydrogens is 342 g/mol. The van der Waals surface area contributed by atoms with Crippen LogP contribution in [-0.4, -0.2) is 0 Å². The summed E-state index contributed by atoms with van der Waals surface area (Å²) < 4.78 is 40.1. The first-order valence-electron chi connectivity index (χ1n) is 11.4. The summed E-state index contributed by atoms with van der Waals surface area (Å²) in [6.45, 7) is 1.07. The van der Waals surface area contributed by atoms with Crippen LogP contribution >= 0.6 is 0 Å². The third-order valence-corrected chi connectivity index (χ3v) is 5.57. The zero-order valence-electron chi connectivity index (χ0n) is 20.2. The van der Waals surface area contributed by atoms with E-state index >= 15 is 0 Å². The van der Waals surface area contributed by atoms with E-state index in [-0.39, 0.29) is 0 Å². The molecule has 2 heteroatoms. The largest absolute Gasteiger partial charge is 0.456 e. The Labute approximate surface area is 170 Å². The fourth-order valence-electron chi connectivity index (χ4n) is 4.05. The van der Waals surface area contributed by atoms with Crippen LogP contribution in [0.25, 0.3) is 44.0 Å². The van der Waals surface area contributed by atoms with Crippen molar-refractivity contribution >= 4 is 32.7 Å². The topological polar surface area (TPSA) is 17.0 Å². The zero-order valence-corrected chi connectivity index (χ0v) is 16.2. The molecule has 2 aromatic heterocycles. The Bertz CT molecular complexity index is 1510. The molecule has 0 aliphatic rings. The Morgan fingerprint density at radius 2 is 1.86 bits per heavy atom. The summed E-state index contributed by atoms with van der Waals surface area (Å²) in [6.07, 6.45) is 1.82. The molecule has 5 rings (SSSR count). The highest BCUT2D eigenvalue weighted by atomic mass is 16.3. The summed E-state index contributed by atoms with van der Waals surface area (Å²) >= 11 is 0. The minimum atomic E-state index is -2.43. The summed E-state index contributed by atoms with van der Waals surface area (Å²) in [5.41, 5.74) is 4.94. The average Bonchev–Trinajstić information content (AvgIpc) is 3.10. The van der Waals surface area contributed by atoms with E-state index in [0.29, 0.717) is 5.56 Å². The van der Waals surface area contributed by atoms with Gasteiger partial charge in [-0.05, 0) is 52.9 Å². The molecule has 138 valence electrons. The van der Waals surface area contributed by atoms with Gasteiger partial charge in [0.05, 0.1) is 5.56 Å². The number of pyridine rings is 1. The Hall–Kier alpha value is -3.13. The zero-order chi connectivity index (χ0) is 22.8. The Balaban J connectivity index is 1.75. The molecule has 0 bridgehead atoms. The minimum absolute atomic E-state index is 0.459. The summed E-state index contributed by atoms with van der Waals surface area (Å²) in [6, 6.07) is 20.1. The van der Waals surface area contributed by atoms with Crippen LogP contribution < -0.4 is 4.57 Å². The predicted octanol–water partition coefficient (Wildman–Crippen LogP) is 6.66. The lowest BCUT2D eigenvalue weighted by molar-refractivity contribution is -0.660. The molecule has 1 atom stereocenters. The first-order chi connectivity index (χ1) is 15.1. The Morgan fingerprint density at radius 3 is 2.71 bits per heavy atom. The van der Waals surface area contributed by atoms with E-state index in [1.54, 1.807) is 6.07 Å². The number of fused-ring (bicyclic) bond motifs is 5. The molecular formula is C26H24NO+. The number of furan rings is 1. The number of aryl methyl sites for hydroxylation is 2. The van der Waals surface area contributed by atoms with Crippen molar-refractivity contribution in [2.45, 2.75) is 26.6 Å². The number of hydrogen-bond donors (Lipinski definition) is 0. The summed E-state index contributed by atoms with van der Waals surface area (Å²) in [4.78, 5) is 0. The van der Waals surface area contributed by atoms with E-state index in [1.807, 2.05) is 48.1 Å². The monoisotopic (exact) mass is 370 g/mol. The van der Waals surface area contributed by atoms with Crippen molar-refractivity contribution in [3.63, 3.8) is 0 Å². The van der Waals surface area contributed by atoms with E-state index in [0.717, 1.165) is 44.1 Å². The highest BCUT2D eigenvalue weighted by Gasteiger charge is 2.18. The first kappa shape index (κ1) is 13.1. The van der Waals surface area contributed by atoms with Crippen LogP contribution in [-0.2, 0) is 7.05 Å². The Kier molecular flexibility index (Phi) is 2.90. The van der Waals surface area contributed by atoms with Crippen LogP contribution in [0.5, 0.6) is 0 Å². The van der Waals surface area contributed by atoms with E-state index in [9.17, 15) is 0 Å². The quantitative estimate of drug-likeness (QED) is 0.317. The van der Waals surface area contributed by atoms with Crippen LogP contribution in [0.3, 0.4) is 0 Å². The van der Waals surface area contributed by atoms with Gasteiger partial charge in [-0.15, -0.1) is 0 Å². The van der Waals surface area contributed by atoms with E-state index in [2.05, 4.69) is 31.2 Å². The molecule has 1 unspecified atom stereocenters. The van der Waals surface area contributed by atoms with Gasteiger partial charge in [0.15, 0.2) is 6.20 Å². The van der Waals surface area contributed by atoms with E-state index in [4.69, 9.17) is 9.90 Å². The molecule has 0 radical (unpaired) electrons. The molecule has 0 saturated heterocycles. The van der Waals surface area contributed by atoms with Crippen molar-refractivity contribution in [2.24, 2.45) is 7.05 Å². The number of nitrogens with zero attached hydrogens (tertiary/aromatic N) is 1. The van der Waals surface area contributed by atoms with Crippen LogP contribution in [0, 0.1) is 6.92 Å². The van der Waals surface area contributed by atoms with Gasteiger partial charge in [0, 0.05) is 28.4 Å². The van der Waals surface area contributed by atoms with Gasteiger partial charge >= 0.3 is 0 Å². The lowest BCUT2D eigenvalue weighted by atomic mass is 9.97. The lowest BCUT2D eigenvalue weighted by Crippen LogP contribution is -2.30. The first-order valence-corrected chi connectivity index (χ1v) is 9.43. The number of rotatable bonds is 2. The summed E-state index contributed by atoms with van der Waals surface area (Å²) in [5, 5.41) is 4.49. The van der Waals surface area contributed by atoms with E-state index < -0.39 is 12.7 Å². The normalized spacial score (nSPS) is 16.5. The van der Waals surface area contributed by atoms with E-state index in [1.165, 1.54) is 12.3 Å². The molecule has 0 spiro atoms. The molecule has 28 heavy (non-hydrogen) atoms. The highest BCUT2D eigenvalue weighted by Crippen LogP contribution is 2.37. The fourth-order valence-corrected chi connectivity index (χ4v) is 4.05. The van der Waals surface area contributed by atoms with Gasteiger partial charge in [0.25, 0.3) is 0 Å². The number of hydrogen-bond acceptors (Lipinski definition) is 1. The standard InChI is InChI=1S/C26H24NO/c1-16(2)19-11-12-27(4)23(14-19)21-15-25-22(13-17(21)3)26-20-8-6-5-7-18(20)9-10-24(26)28-25/h5-16H,1-4H3/q+1/i1D3,16D. The maximum Gasteiger partial charge on any atom is 0.212 e. The van der Waals surface area contributed by atoms with Gasteiger partial charge in [0.2, 0.25) is 5.69 Å². The molecule has 0 N–H and O–H groups in total. The smallest absolute Gasteiger partial charge is 0.212 e. The van der Waals surface area contributed by atoms with Gasteiger partial charge in [-0.2, -0.15) is 0 Å². The predicted molar refractivity (Wildman–Crippen MR) is 117 cm³/mol. The number of benzene rings is 3. The minimum Gasteiger partial charge on any atom is -0.456 e. The van der Waals surface area contributed by atoms with Gasteiger partial charge < -0.3 is 4.42 Å². The van der Waals surface area contributed by atoms with Crippen LogP contribution in [0.2, 0.25) is 0 Å². The lowest BCUT2D eigenvalue weighted by Gasteiger charge is -2.09. The van der Waals surface area contributed by atoms with Crippen molar-refractivity contribution < 1.29 is 14.5 Å². The van der Waals surface area contributed by atoms with Gasteiger partial charge in [-0.3, -0.25) is 0 Å². The summed E-state index contributed by atoms with van der Waals surface area (Å²) in [7, 11) is 1.92. The van der Waals surface area contributed by atoms with Crippen LogP contribution in [0.15, 0.2) is 71.3 Å². The average molecular weight is 371 g/mol. The van der Waals surface area contributed by atoms with Crippen molar-refractivity contribution in [1.82, 2.24) is 0 Å². The molecule has 3 aromatic carbocycles. The molecule has 0 amide bonds. The van der Waals surface area contributed by atoms with Crippen LogP contribution in [0.4, 0.5) is 0 Å². The van der Waals surface area contributed by atoms with Crippen LogP contribution in [0.1, 0.15) is 36.3 Å². The van der Waals surface area contributed by atoms with Crippen molar-refractivity contribution in [2.75, 3.05) is 0 Å². The third-order valence-electron chi connectivity index (χ3n) is 5.57. The highest BCUT2D eigenvalue weighted by molar-refractivity contribution is 6.19. The maximum atomic E-state index is 8.49. The molecule has 0 aliphatic heterocycles. The van der Waals surface area contributed by atoms with Crippen molar-refractivity contribution in [1.29, 1.82) is 0 Å². The molecule has 2 heterocycles. The molecule has 0 saturated carbocycles.